The Bertz CT molecular complexity index is 620. The summed E-state index contributed by atoms with van der Waals surface area (Å²) in [6.07, 6.45) is -0.143. The van der Waals surface area contributed by atoms with Crippen LogP contribution in [0.1, 0.15) is 15.9 Å². The van der Waals surface area contributed by atoms with Crippen molar-refractivity contribution in [2.45, 2.75) is 6.42 Å². The maximum absolute atomic E-state index is 13.6. The monoisotopic (exact) mass is 316 g/mol. The van der Waals surface area contributed by atoms with Crippen LogP contribution in [-0.4, -0.2) is 5.78 Å². The molecular formula is C14H8Cl3FO. The Labute approximate surface area is 124 Å². The van der Waals surface area contributed by atoms with Crippen molar-refractivity contribution < 1.29 is 9.18 Å². The average molecular weight is 318 g/mol. The van der Waals surface area contributed by atoms with Crippen LogP contribution in [0.5, 0.6) is 0 Å². The first kappa shape index (κ1) is 14.3. The van der Waals surface area contributed by atoms with E-state index in [0.29, 0.717) is 5.02 Å². The molecule has 2 rings (SSSR count). The summed E-state index contributed by atoms with van der Waals surface area (Å²) in [6.45, 7) is 0. The van der Waals surface area contributed by atoms with Crippen LogP contribution in [0.15, 0.2) is 36.4 Å². The molecule has 0 fully saturated rings. The third-order valence-corrected chi connectivity index (χ3v) is 3.47. The number of benzene rings is 2. The lowest BCUT2D eigenvalue weighted by atomic mass is 10.0. The molecule has 0 heterocycles. The zero-order chi connectivity index (χ0) is 14.0. The van der Waals surface area contributed by atoms with Gasteiger partial charge in [-0.05, 0) is 35.9 Å². The molecule has 0 aliphatic rings. The molecule has 2 aromatic rings. The van der Waals surface area contributed by atoms with Crippen molar-refractivity contribution in [1.82, 2.24) is 0 Å². The van der Waals surface area contributed by atoms with Gasteiger partial charge in [-0.15, -0.1) is 0 Å². The number of Topliss-reactive ketones (excluding diaryl/α,β-unsaturated/α-hetero) is 1. The molecule has 0 N–H and O–H groups in total. The van der Waals surface area contributed by atoms with Gasteiger partial charge in [0, 0.05) is 11.4 Å². The van der Waals surface area contributed by atoms with E-state index in [1.807, 2.05) is 0 Å². The molecular weight excluding hydrogens is 310 g/mol. The predicted molar refractivity (Wildman–Crippen MR) is 75.9 cm³/mol. The normalized spacial score (nSPS) is 10.5. The number of carbonyl (C=O) groups excluding carboxylic acids is 1. The molecule has 0 unspecified atom stereocenters. The highest BCUT2D eigenvalue weighted by atomic mass is 35.5. The van der Waals surface area contributed by atoms with Crippen LogP contribution in [0.3, 0.4) is 0 Å². The Morgan fingerprint density at radius 3 is 2.32 bits per heavy atom. The second-order valence-corrected chi connectivity index (χ2v) is 5.18. The summed E-state index contributed by atoms with van der Waals surface area (Å²) in [6, 6.07) is 8.83. The Hall–Kier alpha value is -1.09. The van der Waals surface area contributed by atoms with E-state index in [1.54, 1.807) is 18.2 Å². The van der Waals surface area contributed by atoms with Crippen molar-refractivity contribution in [2.75, 3.05) is 0 Å². The fraction of sp³-hybridized carbons (Fsp3) is 0.0714. The van der Waals surface area contributed by atoms with E-state index < -0.39 is 5.82 Å². The van der Waals surface area contributed by atoms with Crippen molar-refractivity contribution >= 4 is 40.6 Å². The number of ketones is 1. The largest absolute Gasteiger partial charge is 0.294 e. The van der Waals surface area contributed by atoms with Crippen LogP contribution in [0.2, 0.25) is 15.1 Å². The van der Waals surface area contributed by atoms with Crippen LogP contribution in [-0.2, 0) is 6.42 Å². The molecule has 2 aromatic carbocycles. The Balaban J connectivity index is 2.34. The maximum Gasteiger partial charge on any atom is 0.170 e. The Morgan fingerprint density at radius 2 is 1.68 bits per heavy atom. The summed E-state index contributed by atoms with van der Waals surface area (Å²) in [4.78, 5) is 12.1. The van der Waals surface area contributed by atoms with E-state index in [0.717, 1.165) is 0 Å². The first-order valence-corrected chi connectivity index (χ1v) is 6.53. The number of halogens is 4. The van der Waals surface area contributed by atoms with E-state index in [1.165, 1.54) is 18.2 Å². The van der Waals surface area contributed by atoms with E-state index in [-0.39, 0.29) is 33.4 Å². The van der Waals surface area contributed by atoms with Crippen LogP contribution in [0.25, 0.3) is 0 Å². The van der Waals surface area contributed by atoms with Gasteiger partial charge in [-0.3, -0.25) is 4.79 Å². The highest BCUT2D eigenvalue weighted by molar-refractivity contribution is 6.39. The lowest BCUT2D eigenvalue weighted by molar-refractivity contribution is 0.0992. The maximum atomic E-state index is 13.6. The van der Waals surface area contributed by atoms with Crippen LogP contribution in [0.4, 0.5) is 4.39 Å². The van der Waals surface area contributed by atoms with E-state index in [2.05, 4.69) is 0 Å². The molecule has 0 bridgehead atoms. The van der Waals surface area contributed by atoms with Gasteiger partial charge >= 0.3 is 0 Å². The molecule has 0 radical (unpaired) electrons. The van der Waals surface area contributed by atoms with Gasteiger partial charge in [0.15, 0.2) is 5.78 Å². The van der Waals surface area contributed by atoms with Crippen molar-refractivity contribution in [2.24, 2.45) is 0 Å². The van der Waals surface area contributed by atoms with Crippen molar-refractivity contribution in [1.29, 1.82) is 0 Å². The van der Waals surface area contributed by atoms with Crippen molar-refractivity contribution in [3.63, 3.8) is 0 Å². The molecule has 5 heteroatoms. The van der Waals surface area contributed by atoms with Gasteiger partial charge in [0.2, 0.25) is 0 Å². The van der Waals surface area contributed by atoms with Gasteiger partial charge in [0.1, 0.15) is 5.82 Å². The summed E-state index contributed by atoms with van der Waals surface area (Å²) in [5, 5.41) is 0.870. The lowest BCUT2D eigenvalue weighted by Gasteiger charge is -2.07. The molecule has 0 aromatic heterocycles. The standard InChI is InChI=1S/C14H8Cl3FO/c15-9-4-5-12(18)8(6-9)7-13(19)14-10(16)2-1-3-11(14)17/h1-6H,7H2. The number of hydrogen-bond donors (Lipinski definition) is 0. The van der Waals surface area contributed by atoms with Crippen LogP contribution < -0.4 is 0 Å². The minimum absolute atomic E-state index is 0.143. The molecule has 1 nitrogen and oxygen atoms in total. The zero-order valence-electron chi connectivity index (χ0n) is 9.59. The van der Waals surface area contributed by atoms with Crippen LogP contribution >= 0.6 is 34.8 Å². The number of rotatable bonds is 3. The fourth-order valence-electron chi connectivity index (χ4n) is 1.70. The van der Waals surface area contributed by atoms with Gasteiger partial charge < -0.3 is 0 Å². The summed E-state index contributed by atoms with van der Waals surface area (Å²) in [5.74, 6) is -0.835. The Kier molecular flexibility index (Phi) is 4.46. The number of carbonyl (C=O) groups is 1. The molecule has 0 saturated carbocycles. The summed E-state index contributed by atoms with van der Waals surface area (Å²) in [7, 11) is 0. The SMILES string of the molecule is O=C(Cc1cc(Cl)ccc1F)c1c(Cl)cccc1Cl. The minimum Gasteiger partial charge on any atom is -0.294 e. The molecule has 0 saturated heterocycles. The quantitative estimate of drug-likeness (QED) is 0.710. The molecule has 0 aliphatic carbocycles. The van der Waals surface area contributed by atoms with Crippen molar-refractivity contribution in [3.8, 4) is 0 Å². The smallest absolute Gasteiger partial charge is 0.170 e. The highest BCUT2D eigenvalue weighted by Crippen LogP contribution is 2.26. The summed E-state index contributed by atoms with van der Waals surface area (Å²) >= 11 is 17.7. The fourth-order valence-corrected chi connectivity index (χ4v) is 2.51. The second kappa shape index (κ2) is 5.91. The van der Waals surface area contributed by atoms with Crippen molar-refractivity contribution in [3.05, 3.63) is 68.4 Å². The third kappa shape index (κ3) is 3.27. The molecule has 0 atom stereocenters. The van der Waals surface area contributed by atoms with Gasteiger partial charge in [-0.25, -0.2) is 4.39 Å². The third-order valence-electron chi connectivity index (χ3n) is 2.60. The average Bonchev–Trinajstić information content (AvgIpc) is 2.33. The molecule has 98 valence electrons. The molecule has 0 amide bonds. The van der Waals surface area contributed by atoms with Gasteiger partial charge in [0.05, 0.1) is 15.6 Å². The van der Waals surface area contributed by atoms with E-state index in [9.17, 15) is 9.18 Å². The Morgan fingerprint density at radius 1 is 1.05 bits per heavy atom. The molecule has 19 heavy (non-hydrogen) atoms. The molecule has 0 aliphatic heterocycles. The van der Waals surface area contributed by atoms with Gasteiger partial charge in [-0.1, -0.05) is 40.9 Å². The molecule has 0 spiro atoms. The van der Waals surface area contributed by atoms with Gasteiger partial charge in [-0.2, -0.15) is 0 Å². The summed E-state index contributed by atoms with van der Waals surface area (Å²) in [5.41, 5.74) is 0.415. The zero-order valence-corrected chi connectivity index (χ0v) is 11.9. The van der Waals surface area contributed by atoms with E-state index >= 15 is 0 Å². The van der Waals surface area contributed by atoms with Gasteiger partial charge in [0.25, 0.3) is 0 Å². The predicted octanol–water partition coefficient (Wildman–Crippen LogP) is 5.21. The minimum atomic E-state index is -0.485. The first-order chi connectivity index (χ1) is 8.99. The second-order valence-electron chi connectivity index (χ2n) is 3.93. The topological polar surface area (TPSA) is 17.1 Å². The van der Waals surface area contributed by atoms with E-state index in [4.69, 9.17) is 34.8 Å². The summed E-state index contributed by atoms with van der Waals surface area (Å²) < 4.78 is 13.6. The first-order valence-electron chi connectivity index (χ1n) is 5.40. The van der Waals surface area contributed by atoms with Crippen LogP contribution in [0, 0.1) is 5.82 Å². The number of hydrogen-bond acceptors (Lipinski definition) is 1. The lowest BCUT2D eigenvalue weighted by Crippen LogP contribution is -2.06. The highest BCUT2D eigenvalue weighted by Gasteiger charge is 2.16.